The van der Waals surface area contributed by atoms with Gasteiger partial charge in [-0.1, -0.05) is 29.5 Å². The first-order chi connectivity index (χ1) is 9.69. The van der Waals surface area contributed by atoms with Crippen LogP contribution in [0.5, 0.6) is 5.75 Å². The number of thiazole rings is 1. The molecular weight excluding hydrogens is 274 g/mol. The van der Waals surface area contributed by atoms with Gasteiger partial charge in [0.05, 0.1) is 11.1 Å². The van der Waals surface area contributed by atoms with E-state index >= 15 is 0 Å². The second-order valence-electron chi connectivity index (χ2n) is 4.24. The highest BCUT2D eigenvalue weighted by Crippen LogP contribution is 2.18. The summed E-state index contributed by atoms with van der Waals surface area (Å²) in [7, 11) is 0. The van der Waals surface area contributed by atoms with Crippen molar-refractivity contribution in [1.82, 2.24) is 14.6 Å². The quantitative estimate of drug-likeness (QED) is 0.731. The Morgan fingerprint density at radius 3 is 2.95 bits per heavy atom. The Morgan fingerprint density at radius 2 is 2.20 bits per heavy atom. The summed E-state index contributed by atoms with van der Waals surface area (Å²) in [5.74, 6) is 1.37. The van der Waals surface area contributed by atoms with E-state index in [1.165, 1.54) is 15.9 Å². The Hall–Kier alpha value is -2.21. The smallest absolute Gasteiger partial charge is 0.291 e. The summed E-state index contributed by atoms with van der Waals surface area (Å²) in [5, 5.41) is 4.09. The van der Waals surface area contributed by atoms with E-state index in [-0.39, 0.29) is 5.56 Å². The molecule has 0 fully saturated rings. The third kappa shape index (κ3) is 2.18. The number of ether oxygens (including phenoxy) is 1. The molecule has 0 N–H and O–H groups in total. The Morgan fingerprint density at radius 1 is 1.40 bits per heavy atom. The maximum atomic E-state index is 12.2. The van der Waals surface area contributed by atoms with Gasteiger partial charge in [0.2, 0.25) is 4.96 Å². The number of aromatic nitrogens is 3. The van der Waals surface area contributed by atoms with Gasteiger partial charge >= 0.3 is 0 Å². The van der Waals surface area contributed by atoms with Crippen LogP contribution in [0.15, 0.2) is 29.1 Å². The van der Waals surface area contributed by atoms with E-state index in [9.17, 15) is 4.79 Å². The number of hydrogen-bond donors (Lipinski definition) is 0. The highest BCUT2D eigenvalue weighted by Gasteiger charge is 2.08. The first-order valence-electron chi connectivity index (χ1n) is 6.29. The lowest BCUT2D eigenvalue weighted by atomic mass is 10.2. The zero-order valence-corrected chi connectivity index (χ0v) is 12.0. The lowest BCUT2D eigenvalue weighted by Gasteiger charge is -2.05. The summed E-state index contributed by atoms with van der Waals surface area (Å²) in [4.78, 5) is 17.0. The van der Waals surface area contributed by atoms with E-state index in [0.29, 0.717) is 21.9 Å². The van der Waals surface area contributed by atoms with Crippen LogP contribution in [0.2, 0.25) is 0 Å². The second-order valence-corrected chi connectivity index (χ2v) is 5.25. The van der Waals surface area contributed by atoms with Gasteiger partial charge in [0.15, 0.2) is 0 Å². The van der Waals surface area contributed by atoms with E-state index in [2.05, 4.69) is 10.1 Å². The zero-order chi connectivity index (χ0) is 14.1. The molecular formula is C14H13N3O2S. The Labute approximate surface area is 119 Å². The fraction of sp³-hybridized carbons (Fsp3) is 0.214. The van der Waals surface area contributed by atoms with Crippen LogP contribution in [0.1, 0.15) is 18.3 Å². The van der Waals surface area contributed by atoms with Crippen molar-refractivity contribution in [2.24, 2.45) is 0 Å². The van der Waals surface area contributed by atoms with Crippen LogP contribution < -0.4 is 14.8 Å². The third-order valence-corrected chi connectivity index (χ3v) is 3.75. The van der Waals surface area contributed by atoms with Gasteiger partial charge in [-0.3, -0.25) is 4.79 Å². The van der Waals surface area contributed by atoms with Crippen molar-refractivity contribution in [2.75, 3.05) is 6.61 Å². The molecule has 3 rings (SSSR count). The molecule has 6 heteroatoms. The molecule has 1 aromatic carbocycles. The number of hydrogen-bond acceptors (Lipinski definition) is 5. The molecule has 20 heavy (non-hydrogen) atoms. The van der Waals surface area contributed by atoms with Crippen molar-refractivity contribution in [3.8, 4) is 5.75 Å². The van der Waals surface area contributed by atoms with Gasteiger partial charge in [-0.2, -0.15) is 4.52 Å². The predicted molar refractivity (Wildman–Crippen MR) is 78.3 cm³/mol. The third-order valence-electron chi connectivity index (χ3n) is 2.79. The maximum absolute atomic E-state index is 12.2. The van der Waals surface area contributed by atoms with Crippen molar-refractivity contribution < 1.29 is 4.74 Å². The van der Waals surface area contributed by atoms with Crippen LogP contribution in [-0.2, 0) is 0 Å². The zero-order valence-electron chi connectivity index (χ0n) is 11.2. The molecule has 0 radical (unpaired) electrons. The standard InChI is InChI=1S/C14H13N3O2S/c1-3-19-11-7-5-4-6-10(11)8-12-13(18)17-14(20-12)15-9(2)16-17/h4-8H,3H2,1-2H3/b12-8-. The summed E-state index contributed by atoms with van der Waals surface area (Å²) in [6.07, 6.45) is 1.82. The maximum Gasteiger partial charge on any atom is 0.291 e. The van der Waals surface area contributed by atoms with Crippen LogP contribution in [0.25, 0.3) is 11.0 Å². The average Bonchev–Trinajstić information content (AvgIpc) is 2.92. The molecule has 5 nitrogen and oxygen atoms in total. The lowest BCUT2D eigenvalue weighted by molar-refractivity contribution is 0.339. The number of para-hydroxylation sites is 1. The first kappa shape index (κ1) is 12.8. The Balaban J connectivity index is 2.17. The number of benzene rings is 1. The van der Waals surface area contributed by atoms with Crippen LogP contribution in [-0.4, -0.2) is 21.2 Å². The van der Waals surface area contributed by atoms with E-state index in [1.807, 2.05) is 37.3 Å². The minimum Gasteiger partial charge on any atom is -0.493 e. The molecule has 0 unspecified atom stereocenters. The van der Waals surface area contributed by atoms with Crippen LogP contribution in [0.3, 0.4) is 0 Å². The topological polar surface area (TPSA) is 56.5 Å². The van der Waals surface area contributed by atoms with E-state index in [0.717, 1.165) is 11.3 Å². The van der Waals surface area contributed by atoms with E-state index in [4.69, 9.17) is 4.74 Å². The molecule has 3 aromatic rings. The molecule has 0 aliphatic rings. The highest BCUT2D eigenvalue weighted by molar-refractivity contribution is 7.15. The molecule has 0 bridgehead atoms. The molecule has 0 spiro atoms. The highest BCUT2D eigenvalue weighted by atomic mass is 32.1. The number of fused-ring (bicyclic) bond motifs is 1. The van der Waals surface area contributed by atoms with Crippen LogP contribution in [0, 0.1) is 6.92 Å². The minimum absolute atomic E-state index is 0.142. The molecule has 0 saturated carbocycles. The SMILES string of the molecule is CCOc1ccccc1/C=c1\sc2nc(C)nn2c1=O. The van der Waals surface area contributed by atoms with Gasteiger partial charge in [0, 0.05) is 5.56 Å². The van der Waals surface area contributed by atoms with Gasteiger partial charge in [-0.15, -0.1) is 5.10 Å². The van der Waals surface area contributed by atoms with E-state index < -0.39 is 0 Å². The summed E-state index contributed by atoms with van der Waals surface area (Å²) in [6, 6.07) is 7.64. The van der Waals surface area contributed by atoms with Crippen molar-refractivity contribution in [3.05, 3.63) is 50.5 Å². The molecule has 0 saturated heterocycles. The molecule has 0 atom stereocenters. The van der Waals surface area contributed by atoms with Gasteiger partial charge in [-0.25, -0.2) is 4.98 Å². The summed E-state index contributed by atoms with van der Waals surface area (Å²) in [5.41, 5.74) is 0.740. The van der Waals surface area contributed by atoms with Crippen molar-refractivity contribution in [1.29, 1.82) is 0 Å². The summed E-state index contributed by atoms with van der Waals surface area (Å²) in [6.45, 7) is 4.29. The Kier molecular flexibility index (Phi) is 3.23. The first-order valence-corrected chi connectivity index (χ1v) is 7.10. The lowest BCUT2D eigenvalue weighted by Crippen LogP contribution is -2.23. The van der Waals surface area contributed by atoms with Crippen molar-refractivity contribution >= 4 is 22.4 Å². The minimum atomic E-state index is -0.142. The van der Waals surface area contributed by atoms with Gasteiger partial charge in [0.1, 0.15) is 11.6 Å². The molecule has 0 aliphatic heterocycles. The number of nitrogens with zero attached hydrogens (tertiary/aromatic N) is 3. The van der Waals surface area contributed by atoms with Gasteiger partial charge in [-0.05, 0) is 26.0 Å². The summed E-state index contributed by atoms with van der Waals surface area (Å²) < 4.78 is 7.50. The number of rotatable bonds is 3. The van der Waals surface area contributed by atoms with Gasteiger partial charge < -0.3 is 4.74 Å². The molecule has 102 valence electrons. The van der Waals surface area contributed by atoms with Crippen molar-refractivity contribution in [3.63, 3.8) is 0 Å². The fourth-order valence-corrected chi connectivity index (χ4v) is 2.90. The van der Waals surface area contributed by atoms with Crippen LogP contribution >= 0.6 is 11.3 Å². The second kappa shape index (κ2) is 5.05. The van der Waals surface area contributed by atoms with Gasteiger partial charge in [0.25, 0.3) is 5.56 Å². The normalized spacial score (nSPS) is 12.2. The fourth-order valence-electron chi connectivity index (χ4n) is 1.96. The van der Waals surface area contributed by atoms with E-state index in [1.54, 1.807) is 6.92 Å². The monoisotopic (exact) mass is 287 g/mol. The molecule has 0 amide bonds. The van der Waals surface area contributed by atoms with Crippen LogP contribution in [0.4, 0.5) is 0 Å². The largest absolute Gasteiger partial charge is 0.493 e. The van der Waals surface area contributed by atoms with Crippen molar-refractivity contribution in [2.45, 2.75) is 13.8 Å². The Bertz CT molecular complexity index is 866. The predicted octanol–water partition coefficient (Wildman–Crippen LogP) is 1.41. The average molecular weight is 287 g/mol. The molecule has 2 aromatic heterocycles. The number of aryl methyl sites for hydroxylation is 1. The molecule has 0 aliphatic carbocycles. The molecule has 2 heterocycles. The summed E-state index contributed by atoms with van der Waals surface area (Å²) >= 11 is 1.33.